The second kappa shape index (κ2) is 8.07. The molecule has 0 radical (unpaired) electrons. The average molecular weight is 395 g/mol. The van der Waals surface area contributed by atoms with Gasteiger partial charge in [-0.2, -0.15) is 5.10 Å². The molecule has 2 aromatic rings. The number of nitrogens with zero attached hydrogens (tertiary/aromatic N) is 2. The van der Waals surface area contributed by atoms with Gasteiger partial charge >= 0.3 is 0 Å². The summed E-state index contributed by atoms with van der Waals surface area (Å²) in [6.07, 6.45) is 4.45. The third-order valence-corrected chi connectivity index (χ3v) is 5.02. The maximum atomic E-state index is 14.8. The first-order valence-electron chi connectivity index (χ1n) is 9.66. The number of benzene rings is 2. The Kier molecular flexibility index (Phi) is 5.73. The molecule has 6 heteroatoms. The molecule has 0 aromatic heterocycles. The fourth-order valence-electron chi connectivity index (χ4n) is 3.72. The lowest BCUT2D eigenvalue weighted by atomic mass is 9.88. The number of carbonyl (C=O) groups excluding carboxylic acids is 1. The van der Waals surface area contributed by atoms with Gasteiger partial charge in [0.25, 0.3) is 5.91 Å². The zero-order chi connectivity index (χ0) is 21.2. The first-order valence-corrected chi connectivity index (χ1v) is 9.66. The Morgan fingerprint density at radius 3 is 2.76 bits per heavy atom. The lowest BCUT2D eigenvalue weighted by molar-refractivity contribution is 0.0954. The van der Waals surface area contributed by atoms with Gasteiger partial charge < -0.3 is 10.0 Å². The molecule has 0 atom stereocenters. The van der Waals surface area contributed by atoms with Crippen LogP contribution in [0.25, 0.3) is 5.57 Å². The van der Waals surface area contributed by atoms with Gasteiger partial charge in [-0.3, -0.25) is 4.79 Å². The highest BCUT2D eigenvalue weighted by atomic mass is 19.1. The first kappa shape index (κ1) is 20.6. The minimum absolute atomic E-state index is 0.0100. The van der Waals surface area contributed by atoms with E-state index in [9.17, 15) is 14.3 Å². The summed E-state index contributed by atoms with van der Waals surface area (Å²) in [4.78, 5) is 14.3. The number of fused-ring (bicyclic) bond motifs is 1. The van der Waals surface area contributed by atoms with Crippen LogP contribution in [0.5, 0.6) is 5.75 Å². The van der Waals surface area contributed by atoms with Crippen LogP contribution >= 0.6 is 0 Å². The van der Waals surface area contributed by atoms with Gasteiger partial charge in [0, 0.05) is 28.9 Å². The van der Waals surface area contributed by atoms with Crippen molar-refractivity contribution in [2.24, 2.45) is 5.10 Å². The molecule has 0 spiro atoms. The van der Waals surface area contributed by atoms with Gasteiger partial charge in [0.2, 0.25) is 0 Å². The summed E-state index contributed by atoms with van der Waals surface area (Å²) in [5, 5.41) is 13.3. The van der Waals surface area contributed by atoms with Gasteiger partial charge in [-0.1, -0.05) is 19.1 Å². The van der Waals surface area contributed by atoms with Crippen molar-refractivity contribution in [1.82, 2.24) is 5.43 Å². The van der Waals surface area contributed by atoms with E-state index in [-0.39, 0.29) is 16.9 Å². The van der Waals surface area contributed by atoms with Crippen LogP contribution in [0.3, 0.4) is 0 Å². The molecule has 1 aliphatic heterocycles. The van der Waals surface area contributed by atoms with Gasteiger partial charge in [-0.25, -0.2) is 9.82 Å². The molecule has 0 saturated carbocycles. The number of phenolic OH excluding ortho intramolecular Hbond substituents is 1. The topological polar surface area (TPSA) is 64.9 Å². The van der Waals surface area contributed by atoms with E-state index in [4.69, 9.17) is 0 Å². The lowest BCUT2D eigenvalue weighted by Crippen LogP contribution is -2.45. The van der Waals surface area contributed by atoms with E-state index >= 15 is 0 Å². The van der Waals surface area contributed by atoms with E-state index < -0.39 is 11.7 Å². The highest BCUT2D eigenvalue weighted by Crippen LogP contribution is 2.39. The summed E-state index contributed by atoms with van der Waals surface area (Å²) in [5.41, 5.74) is 5.64. The van der Waals surface area contributed by atoms with E-state index in [1.165, 1.54) is 18.3 Å². The molecule has 29 heavy (non-hydrogen) atoms. The molecule has 2 aromatic carbocycles. The Bertz CT molecular complexity index is 996. The van der Waals surface area contributed by atoms with Gasteiger partial charge in [-0.05, 0) is 63.1 Å². The minimum Gasteiger partial charge on any atom is -0.508 e. The molecule has 0 unspecified atom stereocenters. The second-order valence-electron chi connectivity index (χ2n) is 7.77. The normalized spacial score (nSPS) is 15.2. The lowest BCUT2D eigenvalue weighted by Gasteiger charge is -2.43. The zero-order valence-corrected chi connectivity index (χ0v) is 17.2. The number of amides is 1. The van der Waals surface area contributed by atoms with E-state index in [1.54, 1.807) is 24.3 Å². The SMILES string of the molecule is CCCN1c2cc(F)c(/C=N/NC(=O)c3cccc(O)c3)cc2C(C)=CC1(C)C. The maximum absolute atomic E-state index is 14.8. The van der Waals surface area contributed by atoms with Crippen LogP contribution in [0, 0.1) is 5.82 Å². The number of phenols is 1. The molecule has 0 saturated heterocycles. The molecule has 1 aliphatic rings. The van der Waals surface area contributed by atoms with Crippen molar-refractivity contribution in [3.8, 4) is 5.75 Å². The fraction of sp³-hybridized carbons (Fsp3) is 0.304. The standard InChI is InChI=1S/C23H26FN3O2/c1-5-9-27-21-12-20(24)17(11-19(21)15(2)13-23(27,3)4)14-25-26-22(29)16-7-6-8-18(28)10-16/h6-8,10-14,28H,5,9H2,1-4H3,(H,26,29)/b25-14+. The Labute approximate surface area is 170 Å². The predicted molar refractivity (Wildman–Crippen MR) is 115 cm³/mol. The summed E-state index contributed by atoms with van der Waals surface area (Å²) in [7, 11) is 0. The third-order valence-electron chi connectivity index (χ3n) is 5.02. The maximum Gasteiger partial charge on any atom is 0.271 e. The molecule has 0 aliphatic carbocycles. The summed E-state index contributed by atoms with van der Waals surface area (Å²) >= 11 is 0. The predicted octanol–water partition coefficient (Wildman–Crippen LogP) is 4.71. The number of aromatic hydroxyl groups is 1. The molecular formula is C23H26FN3O2. The van der Waals surface area contributed by atoms with Gasteiger partial charge in [0.05, 0.1) is 11.8 Å². The van der Waals surface area contributed by atoms with Crippen LogP contribution in [-0.2, 0) is 0 Å². The van der Waals surface area contributed by atoms with Crippen molar-refractivity contribution in [3.63, 3.8) is 0 Å². The second-order valence-corrected chi connectivity index (χ2v) is 7.77. The number of hydrogen-bond donors (Lipinski definition) is 2. The summed E-state index contributed by atoms with van der Waals surface area (Å²) in [5.74, 6) is -0.891. The number of hydrogen-bond acceptors (Lipinski definition) is 4. The summed E-state index contributed by atoms with van der Waals surface area (Å²) in [6, 6.07) is 9.24. The van der Waals surface area contributed by atoms with Crippen LogP contribution in [0.4, 0.5) is 10.1 Å². The summed E-state index contributed by atoms with van der Waals surface area (Å²) in [6.45, 7) is 9.20. The number of anilines is 1. The smallest absolute Gasteiger partial charge is 0.271 e. The molecule has 0 fully saturated rings. The van der Waals surface area contributed by atoms with E-state index in [0.717, 1.165) is 29.8 Å². The first-order chi connectivity index (χ1) is 13.7. The van der Waals surface area contributed by atoms with Crippen LogP contribution in [0.2, 0.25) is 0 Å². The third kappa shape index (κ3) is 4.31. The quantitative estimate of drug-likeness (QED) is 0.569. The number of nitrogens with one attached hydrogen (secondary N) is 1. The van der Waals surface area contributed by atoms with Crippen molar-refractivity contribution in [3.05, 3.63) is 65.0 Å². The largest absolute Gasteiger partial charge is 0.508 e. The fourth-order valence-corrected chi connectivity index (χ4v) is 3.72. The number of allylic oxidation sites excluding steroid dienone is 1. The Morgan fingerprint density at radius 2 is 2.07 bits per heavy atom. The van der Waals surface area contributed by atoms with E-state index in [0.29, 0.717) is 5.56 Å². The van der Waals surface area contributed by atoms with E-state index in [2.05, 4.69) is 42.3 Å². The van der Waals surface area contributed by atoms with Gasteiger partial charge in [0.1, 0.15) is 11.6 Å². The molecule has 1 heterocycles. The monoisotopic (exact) mass is 395 g/mol. The molecular weight excluding hydrogens is 369 g/mol. The van der Waals surface area contributed by atoms with Crippen molar-refractivity contribution in [2.75, 3.05) is 11.4 Å². The molecule has 2 N–H and O–H groups in total. The van der Waals surface area contributed by atoms with Crippen LogP contribution < -0.4 is 10.3 Å². The van der Waals surface area contributed by atoms with Crippen LogP contribution in [0.15, 0.2) is 47.6 Å². The number of carbonyl (C=O) groups is 1. The van der Waals surface area contributed by atoms with Crippen molar-refractivity contribution < 1.29 is 14.3 Å². The van der Waals surface area contributed by atoms with Gasteiger partial charge in [-0.15, -0.1) is 0 Å². The number of rotatable bonds is 5. The van der Waals surface area contributed by atoms with Crippen molar-refractivity contribution in [1.29, 1.82) is 0 Å². The average Bonchev–Trinajstić information content (AvgIpc) is 2.65. The highest BCUT2D eigenvalue weighted by molar-refractivity contribution is 5.95. The highest BCUT2D eigenvalue weighted by Gasteiger charge is 2.31. The van der Waals surface area contributed by atoms with Crippen molar-refractivity contribution in [2.45, 2.75) is 39.7 Å². The van der Waals surface area contributed by atoms with Crippen LogP contribution in [0.1, 0.15) is 55.6 Å². The molecule has 3 rings (SSSR count). The Balaban J connectivity index is 1.86. The number of halogens is 1. The van der Waals surface area contributed by atoms with E-state index in [1.807, 2.05) is 6.92 Å². The van der Waals surface area contributed by atoms with Crippen molar-refractivity contribution >= 4 is 23.4 Å². The zero-order valence-electron chi connectivity index (χ0n) is 17.2. The molecule has 0 bridgehead atoms. The molecule has 152 valence electrons. The molecule has 5 nitrogen and oxygen atoms in total. The molecule has 1 amide bonds. The number of hydrazone groups is 1. The van der Waals surface area contributed by atoms with Gasteiger partial charge in [0.15, 0.2) is 0 Å². The Morgan fingerprint density at radius 1 is 1.31 bits per heavy atom. The minimum atomic E-state index is -0.484. The Hall–Kier alpha value is -3.15. The van der Waals surface area contributed by atoms with Crippen LogP contribution in [-0.4, -0.2) is 29.3 Å². The summed E-state index contributed by atoms with van der Waals surface area (Å²) < 4.78 is 14.8.